The third-order valence-corrected chi connectivity index (χ3v) is 6.18. The van der Waals surface area contributed by atoms with Crippen LogP contribution in [0.2, 0.25) is 0 Å². The largest absolute Gasteiger partial charge is 0.573 e. The molecule has 0 bridgehead atoms. The summed E-state index contributed by atoms with van der Waals surface area (Å²) in [5, 5.41) is 0. The Bertz CT molecular complexity index is 1260. The van der Waals surface area contributed by atoms with Crippen LogP contribution in [0.25, 0.3) is 0 Å². The Morgan fingerprint density at radius 2 is 1.56 bits per heavy atom. The van der Waals surface area contributed by atoms with Crippen molar-refractivity contribution >= 4 is 11.8 Å². The van der Waals surface area contributed by atoms with Gasteiger partial charge >= 0.3 is 6.36 Å². The number of ether oxygens (including phenoxy) is 2. The summed E-state index contributed by atoms with van der Waals surface area (Å²) < 4.78 is 46.7. The molecule has 5 rings (SSSR count). The standard InChI is InChI=1S/C25H19F3N2O4/c1-33-18-12-8-17(9-13-18)24-21-5-3-2-4-20(21)23(32)30(24)15-14-29(24)22(31)16-6-10-19(11-7-16)34-25(26,27)28/h2-13H,14-15H2,1H3. The smallest absolute Gasteiger partial charge is 0.497 e. The van der Waals surface area contributed by atoms with E-state index in [0.717, 1.165) is 12.1 Å². The topological polar surface area (TPSA) is 59.1 Å². The number of fused-ring (bicyclic) bond motifs is 3. The van der Waals surface area contributed by atoms with Gasteiger partial charge in [-0.1, -0.05) is 30.3 Å². The van der Waals surface area contributed by atoms with Crippen LogP contribution >= 0.6 is 0 Å². The van der Waals surface area contributed by atoms with Crippen LogP contribution in [0.3, 0.4) is 0 Å². The zero-order valence-corrected chi connectivity index (χ0v) is 18.0. The van der Waals surface area contributed by atoms with E-state index >= 15 is 0 Å². The van der Waals surface area contributed by atoms with Crippen LogP contribution < -0.4 is 9.47 Å². The second-order valence-corrected chi connectivity index (χ2v) is 7.93. The van der Waals surface area contributed by atoms with Gasteiger partial charge in [0.25, 0.3) is 11.8 Å². The number of halogens is 3. The van der Waals surface area contributed by atoms with Gasteiger partial charge in [-0.05, 0) is 42.5 Å². The van der Waals surface area contributed by atoms with E-state index in [4.69, 9.17) is 4.74 Å². The van der Waals surface area contributed by atoms with Crippen LogP contribution in [0.4, 0.5) is 13.2 Å². The molecule has 1 saturated heterocycles. The molecule has 3 aromatic carbocycles. The summed E-state index contributed by atoms with van der Waals surface area (Å²) in [6, 6.07) is 19.1. The minimum Gasteiger partial charge on any atom is -0.497 e. The lowest BCUT2D eigenvalue weighted by molar-refractivity contribution is -0.274. The van der Waals surface area contributed by atoms with Crippen molar-refractivity contribution in [2.45, 2.75) is 12.0 Å². The predicted molar refractivity (Wildman–Crippen MR) is 115 cm³/mol. The van der Waals surface area contributed by atoms with E-state index in [1.54, 1.807) is 41.2 Å². The average Bonchev–Trinajstić information content (AvgIpc) is 3.34. The molecule has 0 N–H and O–H groups in total. The highest BCUT2D eigenvalue weighted by molar-refractivity contribution is 6.03. The molecule has 6 nitrogen and oxygen atoms in total. The average molecular weight is 468 g/mol. The van der Waals surface area contributed by atoms with Crippen LogP contribution in [-0.2, 0) is 5.66 Å². The Morgan fingerprint density at radius 1 is 0.912 bits per heavy atom. The van der Waals surface area contributed by atoms with Crippen molar-refractivity contribution in [3.8, 4) is 11.5 Å². The Balaban J connectivity index is 1.61. The van der Waals surface area contributed by atoms with Crippen molar-refractivity contribution in [1.29, 1.82) is 0 Å². The highest BCUT2D eigenvalue weighted by atomic mass is 19.4. The minimum absolute atomic E-state index is 0.182. The fourth-order valence-corrected chi connectivity index (χ4v) is 4.82. The van der Waals surface area contributed by atoms with Crippen molar-refractivity contribution in [3.05, 3.63) is 95.1 Å². The SMILES string of the molecule is COc1ccc(C23c4ccccc4C(=O)N2CCN3C(=O)c2ccc(OC(F)(F)F)cc2)cc1. The lowest BCUT2D eigenvalue weighted by Crippen LogP contribution is -2.51. The molecule has 34 heavy (non-hydrogen) atoms. The fraction of sp³-hybridized carbons (Fsp3) is 0.200. The molecule has 2 amide bonds. The minimum atomic E-state index is -4.83. The van der Waals surface area contributed by atoms with Gasteiger partial charge in [0.2, 0.25) is 0 Å². The summed E-state index contributed by atoms with van der Waals surface area (Å²) in [6.07, 6.45) is -4.83. The van der Waals surface area contributed by atoms with E-state index in [9.17, 15) is 22.8 Å². The first kappa shape index (κ1) is 21.8. The molecule has 1 fully saturated rings. The maximum absolute atomic E-state index is 13.7. The molecule has 2 heterocycles. The number of nitrogens with zero attached hydrogens (tertiary/aromatic N) is 2. The summed E-state index contributed by atoms with van der Waals surface area (Å²) in [7, 11) is 1.55. The number of rotatable bonds is 4. The first-order valence-electron chi connectivity index (χ1n) is 10.5. The molecule has 0 aromatic heterocycles. The van der Waals surface area contributed by atoms with Gasteiger partial charge in [0, 0.05) is 35.3 Å². The number of hydrogen-bond acceptors (Lipinski definition) is 4. The van der Waals surface area contributed by atoms with Gasteiger partial charge in [0.15, 0.2) is 5.66 Å². The molecule has 3 aromatic rings. The van der Waals surface area contributed by atoms with E-state index in [1.165, 1.54) is 12.1 Å². The van der Waals surface area contributed by atoms with Gasteiger partial charge in [-0.15, -0.1) is 13.2 Å². The van der Waals surface area contributed by atoms with Gasteiger partial charge in [-0.3, -0.25) is 9.59 Å². The molecule has 0 aliphatic carbocycles. The van der Waals surface area contributed by atoms with Crippen molar-refractivity contribution in [2.24, 2.45) is 0 Å². The highest BCUT2D eigenvalue weighted by Crippen LogP contribution is 2.50. The molecule has 0 radical (unpaired) electrons. The summed E-state index contributed by atoms with van der Waals surface area (Å²) >= 11 is 0. The first-order chi connectivity index (χ1) is 16.3. The molecule has 1 unspecified atom stereocenters. The molecule has 0 saturated carbocycles. The van der Waals surface area contributed by atoms with Crippen molar-refractivity contribution in [1.82, 2.24) is 9.80 Å². The molecule has 9 heteroatoms. The Labute approximate surface area is 193 Å². The van der Waals surface area contributed by atoms with Crippen molar-refractivity contribution in [2.75, 3.05) is 20.2 Å². The Hall–Kier alpha value is -4.01. The number of methoxy groups -OCH3 is 1. The summed E-state index contributed by atoms with van der Waals surface area (Å²) in [4.78, 5) is 30.3. The maximum Gasteiger partial charge on any atom is 0.573 e. The van der Waals surface area contributed by atoms with Crippen LogP contribution in [0.1, 0.15) is 31.8 Å². The second kappa shape index (κ2) is 7.79. The van der Waals surface area contributed by atoms with Gasteiger partial charge in [0.05, 0.1) is 7.11 Å². The van der Waals surface area contributed by atoms with Crippen LogP contribution in [0.5, 0.6) is 11.5 Å². The number of alkyl halides is 3. The number of amides is 2. The molecule has 2 aliphatic heterocycles. The first-order valence-corrected chi connectivity index (χ1v) is 10.5. The summed E-state index contributed by atoms with van der Waals surface area (Å²) in [6.45, 7) is 0.562. The third kappa shape index (κ3) is 3.27. The van der Waals surface area contributed by atoms with E-state index < -0.39 is 23.7 Å². The number of benzene rings is 3. The molecule has 1 atom stereocenters. The fourth-order valence-electron chi connectivity index (χ4n) is 4.82. The third-order valence-electron chi connectivity index (χ3n) is 6.18. The zero-order valence-electron chi connectivity index (χ0n) is 18.0. The molecule has 174 valence electrons. The van der Waals surface area contributed by atoms with Crippen LogP contribution in [0, 0.1) is 0 Å². The quantitative estimate of drug-likeness (QED) is 0.570. The van der Waals surface area contributed by atoms with Crippen molar-refractivity contribution in [3.63, 3.8) is 0 Å². The molecule has 2 aliphatic rings. The van der Waals surface area contributed by atoms with E-state index in [0.29, 0.717) is 29.0 Å². The maximum atomic E-state index is 13.7. The summed E-state index contributed by atoms with van der Waals surface area (Å²) in [5.41, 5.74) is 0.881. The lowest BCUT2D eigenvalue weighted by Gasteiger charge is -2.40. The van der Waals surface area contributed by atoms with E-state index in [1.807, 2.05) is 24.3 Å². The summed E-state index contributed by atoms with van der Waals surface area (Å²) in [5.74, 6) is -0.393. The van der Waals surface area contributed by atoms with Gasteiger partial charge in [-0.2, -0.15) is 0 Å². The van der Waals surface area contributed by atoms with E-state index in [2.05, 4.69) is 4.74 Å². The van der Waals surface area contributed by atoms with Crippen molar-refractivity contribution < 1.29 is 32.2 Å². The van der Waals surface area contributed by atoms with Gasteiger partial charge in [0.1, 0.15) is 11.5 Å². The van der Waals surface area contributed by atoms with Gasteiger partial charge < -0.3 is 19.3 Å². The number of carbonyl (C=O) groups is 2. The lowest BCUT2D eigenvalue weighted by atomic mass is 9.89. The monoisotopic (exact) mass is 468 g/mol. The molecular weight excluding hydrogens is 449 g/mol. The molecular formula is C25H19F3N2O4. The van der Waals surface area contributed by atoms with E-state index in [-0.39, 0.29) is 18.0 Å². The number of hydrogen-bond donors (Lipinski definition) is 0. The Morgan fingerprint density at radius 3 is 2.21 bits per heavy atom. The normalized spacial score (nSPS) is 19.1. The van der Waals surface area contributed by atoms with Gasteiger partial charge in [-0.25, -0.2) is 0 Å². The Kier molecular flexibility index (Phi) is 5.00. The highest BCUT2D eigenvalue weighted by Gasteiger charge is 2.59. The number of carbonyl (C=O) groups excluding carboxylic acids is 2. The predicted octanol–water partition coefficient (Wildman–Crippen LogP) is 4.41. The molecule has 0 spiro atoms. The van der Waals surface area contributed by atoms with Crippen LogP contribution in [0.15, 0.2) is 72.8 Å². The zero-order chi connectivity index (χ0) is 24.1. The second-order valence-electron chi connectivity index (χ2n) is 7.93. The van der Waals surface area contributed by atoms with Crippen LogP contribution in [-0.4, -0.2) is 48.2 Å².